The van der Waals surface area contributed by atoms with Gasteiger partial charge in [-0.3, -0.25) is 0 Å². The van der Waals surface area contributed by atoms with E-state index < -0.39 is 17.8 Å². The summed E-state index contributed by atoms with van der Waals surface area (Å²) < 4.78 is 44.3. The van der Waals surface area contributed by atoms with Gasteiger partial charge >= 0.3 is 6.18 Å². The van der Waals surface area contributed by atoms with Gasteiger partial charge in [-0.05, 0) is 36.2 Å². The van der Waals surface area contributed by atoms with Crippen LogP contribution in [0.15, 0.2) is 42.6 Å². The van der Waals surface area contributed by atoms with Crippen molar-refractivity contribution in [3.63, 3.8) is 0 Å². The zero-order chi connectivity index (χ0) is 17.6. The highest BCUT2D eigenvalue weighted by atomic mass is 19.4. The van der Waals surface area contributed by atoms with E-state index in [-0.39, 0.29) is 12.4 Å². The van der Waals surface area contributed by atoms with Gasteiger partial charge in [0.05, 0.1) is 5.56 Å². The van der Waals surface area contributed by atoms with E-state index in [4.69, 9.17) is 10.00 Å². The average molecular weight is 335 g/mol. The highest BCUT2D eigenvalue weighted by molar-refractivity contribution is 5.46. The van der Waals surface area contributed by atoms with E-state index in [0.29, 0.717) is 12.2 Å². The van der Waals surface area contributed by atoms with Crippen LogP contribution in [0.25, 0.3) is 0 Å². The number of halogens is 3. The minimum atomic E-state index is -4.47. The third-order valence-electron chi connectivity index (χ3n) is 3.26. The standard InChI is InChI=1S/C17H16F3N3O/c1-2-13(10-21)24-14-6-3-5-12(9-14)11-23-16-15(17(18,19)20)7-4-8-22-16/h3-9,13H,2,11H2,1H3,(H,22,23). The van der Waals surface area contributed by atoms with Gasteiger partial charge in [0.2, 0.25) is 0 Å². The molecule has 0 fully saturated rings. The van der Waals surface area contributed by atoms with Gasteiger partial charge in [-0.15, -0.1) is 0 Å². The number of rotatable bonds is 6. The molecular weight excluding hydrogens is 319 g/mol. The minimum absolute atomic E-state index is 0.153. The topological polar surface area (TPSA) is 57.9 Å². The number of hydrogen-bond acceptors (Lipinski definition) is 4. The van der Waals surface area contributed by atoms with E-state index in [9.17, 15) is 13.2 Å². The lowest BCUT2D eigenvalue weighted by molar-refractivity contribution is -0.137. The first kappa shape index (κ1) is 17.6. The molecule has 0 bridgehead atoms. The number of alkyl halides is 3. The predicted octanol–water partition coefficient (Wildman–Crippen LogP) is 4.39. The molecule has 1 unspecified atom stereocenters. The number of aromatic nitrogens is 1. The molecule has 1 aromatic heterocycles. The van der Waals surface area contributed by atoms with E-state index in [2.05, 4.69) is 10.3 Å². The largest absolute Gasteiger partial charge is 0.476 e. The summed E-state index contributed by atoms with van der Waals surface area (Å²) >= 11 is 0. The van der Waals surface area contributed by atoms with Crippen LogP contribution in [0.1, 0.15) is 24.5 Å². The van der Waals surface area contributed by atoms with Crippen LogP contribution in [-0.4, -0.2) is 11.1 Å². The molecule has 1 atom stereocenters. The Morgan fingerprint density at radius 3 is 2.75 bits per heavy atom. The molecule has 0 saturated carbocycles. The second kappa shape index (κ2) is 7.68. The van der Waals surface area contributed by atoms with E-state index in [1.54, 1.807) is 24.3 Å². The molecule has 0 saturated heterocycles. The van der Waals surface area contributed by atoms with Crippen LogP contribution in [0.5, 0.6) is 5.75 Å². The Hall–Kier alpha value is -2.75. The van der Waals surface area contributed by atoms with Gasteiger partial charge in [0.1, 0.15) is 17.6 Å². The lowest BCUT2D eigenvalue weighted by Gasteiger charge is -2.14. The zero-order valence-electron chi connectivity index (χ0n) is 13.0. The third-order valence-corrected chi connectivity index (χ3v) is 3.26. The van der Waals surface area contributed by atoms with Gasteiger partial charge in [0, 0.05) is 12.7 Å². The number of nitrogens with zero attached hydrogens (tertiary/aromatic N) is 2. The summed E-state index contributed by atoms with van der Waals surface area (Å²) in [6, 6.07) is 11.1. The van der Waals surface area contributed by atoms with Crippen LogP contribution < -0.4 is 10.1 Å². The number of ether oxygens (including phenoxy) is 1. The van der Waals surface area contributed by atoms with Crippen molar-refractivity contribution >= 4 is 5.82 Å². The van der Waals surface area contributed by atoms with E-state index >= 15 is 0 Å². The van der Waals surface area contributed by atoms with Gasteiger partial charge in [0.15, 0.2) is 6.10 Å². The molecule has 4 nitrogen and oxygen atoms in total. The molecule has 0 aliphatic heterocycles. The monoisotopic (exact) mass is 335 g/mol. The van der Waals surface area contributed by atoms with Gasteiger partial charge < -0.3 is 10.1 Å². The van der Waals surface area contributed by atoms with Crippen molar-refractivity contribution in [3.8, 4) is 11.8 Å². The molecule has 0 radical (unpaired) electrons. The summed E-state index contributed by atoms with van der Waals surface area (Å²) in [7, 11) is 0. The summed E-state index contributed by atoms with van der Waals surface area (Å²) in [6.07, 6.45) is -3.18. The Morgan fingerprint density at radius 1 is 1.29 bits per heavy atom. The maximum Gasteiger partial charge on any atom is 0.419 e. The van der Waals surface area contributed by atoms with Gasteiger partial charge in [-0.2, -0.15) is 18.4 Å². The molecule has 7 heteroatoms. The maximum absolute atomic E-state index is 12.9. The van der Waals surface area contributed by atoms with Crippen molar-refractivity contribution in [3.05, 3.63) is 53.7 Å². The molecule has 2 rings (SSSR count). The maximum atomic E-state index is 12.9. The van der Waals surface area contributed by atoms with Gasteiger partial charge in [0.25, 0.3) is 0 Å². The molecule has 126 valence electrons. The fourth-order valence-corrected chi connectivity index (χ4v) is 2.05. The fourth-order valence-electron chi connectivity index (χ4n) is 2.05. The normalized spacial score (nSPS) is 12.3. The summed E-state index contributed by atoms with van der Waals surface area (Å²) in [5, 5.41) is 11.6. The van der Waals surface area contributed by atoms with Crippen molar-refractivity contribution in [2.45, 2.75) is 32.2 Å². The predicted molar refractivity (Wildman–Crippen MR) is 83.3 cm³/mol. The molecule has 2 aromatic rings. The SMILES string of the molecule is CCC(C#N)Oc1cccc(CNc2ncccc2C(F)(F)F)c1. The fraction of sp³-hybridized carbons (Fsp3) is 0.294. The Bertz CT molecular complexity index is 726. The summed E-state index contributed by atoms with van der Waals surface area (Å²) in [5.41, 5.74) is -0.0907. The van der Waals surface area contributed by atoms with E-state index in [0.717, 1.165) is 11.6 Å². The van der Waals surface area contributed by atoms with Crippen molar-refractivity contribution in [1.29, 1.82) is 5.26 Å². The van der Waals surface area contributed by atoms with E-state index in [1.165, 1.54) is 12.3 Å². The highest BCUT2D eigenvalue weighted by Crippen LogP contribution is 2.33. The van der Waals surface area contributed by atoms with Crippen molar-refractivity contribution in [2.24, 2.45) is 0 Å². The number of hydrogen-bond donors (Lipinski definition) is 1. The van der Waals surface area contributed by atoms with Crippen LogP contribution in [0, 0.1) is 11.3 Å². The van der Waals surface area contributed by atoms with Crippen molar-refractivity contribution < 1.29 is 17.9 Å². The van der Waals surface area contributed by atoms with Crippen molar-refractivity contribution in [2.75, 3.05) is 5.32 Å². The molecule has 0 spiro atoms. The van der Waals surface area contributed by atoms with Gasteiger partial charge in [-0.1, -0.05) is 19.1 Å². The van der Waals surface area contributed by atoms with E-state index in [1.807, 2.05) is 13.0 Å². The molecule has 0 aliphatic carbocycles. The molecule has 24 heavy (non-hydrogen) atoms. The minimum Gasteiger partial charge on any atom is -0.476 e. The third kappa shape index (κ3) is 4.62. The number of pyridine rings is 1. The first-order chi connectivity index (χ1) is 11.4. The Balaban J connectivity index is 2.10. The second-order valence-electron chi connectivity index (χ2n) is 5.04. The average Bonchev–Trinajstić information content (AvgIpc) is 2.57. The van der Waals surface area contributed by atoms with Crippen LogP contribution in [0.4, 0.5) is 19.0 Å². The lowest BCUT2D eigenvalue weighted by Crippen LogP contribution is -2.13. The molecular formula is C17H16F3N3O. The second-order valence-corrected chi connectivity index (χ2v) is 5.04. The quantitative estimate of drug-likeness (QED) is 0.850. The summed E-state index contributed by atoms with van der Waals surface area (Å²) in [4.78, 5) is 3.75. The highest BCUT2D eigenvalue weighted by Gasteiger charge is 2.33. The summed E-state index contributed by atoms with van der Waals surface area (Å²) in [5.74, 6) is 0.277. The zero-order valence-corrected chi connectivity index (χ0v) is 13.0. The van der Waals surface area contributed by atoms with Crippen LogP contribution in [0.2, 0.25) is 0 Å². The summed E-state index contributed by atoms with van der Waals surface area (Å²) in [6.45, 7) is 1.99. The Labute approximate surface area is 137 Å². The molecule has 1 heterocycles. The lowest BCUT2D eigenvalue weighted by atomic mass is 10.2. The van der Waals surface area contributed by atoms with Crippen LogP contribution in [0.3, 0.4) is 0 Å². The molecule has 1 aromatic carbocycles. The number of nitriles is 1. The first-order valence-corrected chi connectivity index (χ1v) is 7.35. The molecule has 1 N–H and O–H groups in total. The van der Waals surface area contributed by atoms with Crippen LogP contribution >= 0.6 is 0 Å². The Kier molecular flexibility index (Phi) is 5.64. The van der Waals surface area contributed by atoms with Gasteiger partial charge in [-0.25, -0.2) is 4.98 Å². The number of nitrogens with one attached hydrogen (secondary N) is 1. The Morgan fingerprint density at radius 2 is 2.08 bits per heavy atom. The molecule has 0 amide bonds. The number of anilines is 1. The molecule has 0 aliphatic rings. The van der Waals surface area contributed by atoms with Crippen LogP contribution in [-0.2, 0) is 12.7 Å². The smallest absolute Gasteiger partial charge is 0.419 e. The van der Waals surface area contributed by atoms with Crippen molar-refractivity contribution in [1.82, 2.24) is 4.98 Å². The first-order valence-electron chi connectivity index (χ1n) is 7.35. The number of benzene rings is 1.